The Balaban J connectivity index is 2.23. The molecule has 0 bridgehead atoms. The van der Waals surface area contributed by atoms with Crippen LogP contribution in [0.2, 0.25) is 0 Å². The van der Waals surface area contributed by atoms with Gasteiger partial charge in [0.2, 0.25) is 10.0 Å². The molecule has 0 fully saturated rings. The molecular weight excluding hydrogens is 344 g/mol. The third-order valence-corrected chi connectivity index (χ3v) is 6.70. The largest absolute Gasteiger partial charge is 0.347 e. The van der Waals surface area contributed by atoms with Gasteiger partial charge in [0.1, 0.15) is 0 Å². The van der Waals surface area contributed by atoms with Crippen LogP contribution < -0.4 is 10.0 Å². The van der Waals surface area contributed by atoms with E-state index in [0.717, 1.165) is 16.9 Å². The highest BCUT2D eigenvalue weighted by Crippen LogP contribution is 2.21. The summed E-state index contributed by atoms with van der Waals surface area (Å²) in [6.07, 6.45) is 0.973. The minimum atomic E-state index is -3.60. The van der Waals surface area contributed by atoms with Crippen LogP contribution in [-0.4, -0.2) is 21.4 Å². The third-order valence-electron chi connectivity index (χ3n) is 3.93. The van der Waals surface area contributed by atoms with Crippen LogP contribution in [0.5, 0.6) is 0 Å². The summed E-state index contributed by atoms with van der Waals surface area (Å²) in [6.45, 7) is 6.06. The molecule has 2 N–H and O–H groups in total. The van der Waals surface area contributed by atoms with Gasteiger partial charge in [-0.3, -0.25) is 4.79 Å². The molecule has 2 rings (SSSR count). The first-order chi connectivity index (χ1) is 11.3. The molecule has 130 valence electrons. The number of amides is 1. The molecule has 24 heavy (non-hydrogen) atoms. The molecule has 1 aromatic heterocycles. The number of hydrogen-bond donors (Lipinski definition) is 2. The van der Waals surface area contributed by atoms with Gasteiger partial charge >= 0.3 is 0 Å². The summed E-state index contributed by atoms with van der Waals surface area (Å²) in [7, 11) is -2.24. The minimum Gasteiger partial charge on any atom is -0.347 e. The van der Waals surface area contributed by atoms with Crippen molar-refractivity contribution in [1.29, 1.82) is 0 Å². The van der Waals surface area contributed by atoms with Gasteiger partial charge in [-0.25, -0.2) is 13.1 Å². The van der Waals surface area contributed by atoms with E-state index in [2.05, 4.69) is 23.0 Å². The Morgan fingerprint density at radius 2 is 1.83 bits per heavy atom. The standard InChI is InChI=1S/C17H22N2O3S2/c1-5-14-6-7-15(23-14)10-19-17(20)13-8-11(2)12(3)16(9-13)24(21,22)18-4/h6-9,18H,5,10H2,1-4H3,(H,19,20). The van der Waals surface area contributed by atoms with Crippen molar-refractivity contribution in [3.8, 4) is 0 Å². The van der Waals surface area contributed by atoms with E-state index in [1.807, 2.05) is 6.07 Å². The molecule has 0 aliphatic rings. The van der Waals surface area contributed by atoms with Crippen molar-refractivity contribution < 1.29 is 13.2 Å². The lowest BCUT2D eigenvalue weighted by molar-refractivity contribution is 0.0951. The first-order valence-electron chi connectivity index (χ1n) is 7.69. The molecule has 0 saturated carbocycles. The highest BCUT2D eigenvalue weighted by molar-refractivity contribution is 7.89. The van der Waals surface area contributed by atoms with Crippen LogP contribution in [0.25, 0.3) is 0 Å². The molecular formula is C17H22N2O3S2. The van der Waals surface area contributed by atoms with E-state index in [0.29, 0.717) is 17.7 Å². The second kappa shape index (κ2) is 7.46. The number of sulfonamides is 1. The number of nitrogens with one attached hydrogen (secondary N) is 2. The predicted molar refractivity (Wildman–Crippen MR) is 97.0 cm³/mol. The fraction of sp³-hybridized carbons (Fsp3) is 0.353. The number of thiophene rings is 1. The molecule has 0 aliphatic carbocycles. The summed E-state index contributed by atoms with van der Waals surface area (Å²) in [5.74, 6) is -0.280. The number of hydrogen-bond acceptors (Lipinski definition) is 4. The third kappa shape index (κ3) is 4.03. The maximum Gasteiger partial charge on any atom is 0.251 e. The number of carbonyl (C=O) groups is 1. The maximum absolute atomic E-state index is 12.4. The molecule has 0 atom stereocenters. The normalized spacial score (nSPS) is 11.5. The van der Waals surface area contributed by atoms with Crippen LogP contribution in [0.1, 0.15) is 38.2 Å². The summed E-state index contributed by atoms with van der Waals surface area (Å²) in [6, 6.07) is 7.20. The van der Waals surface area contributed by atoms with Crippen LogP contribution in [-0.2, 0) is 23.0 Å². The van der Waals surface area contributed by atoms with Gasteiger partial charge in [0.25, 0.3) is 5.91 Å². The fourth-order valence-corrected chi connectivity index (χ4v) is 4.29. The predicted octanol–water partition coefficient (Wildman–Crippen LogP) is 2.77. The number of benzene rings is 1. The van der Waals surface area contributed by atoms with Gasteiger partial charge in [0.05, 0.1) is 11.4 Å². The van der Waals surface area contributed by atoms with Crippen molar-refractivity contribution in [3.63, 3.8) is 0 Å². The van der Waals surface area contributed by atoms with Crippen molar-refractivity contribution in [2.45, 2.75) is 38.6 Å². The van der Waals surface area contributed by atoms with Crippen molar-refractivity contribution in [3.05, 3.63) is 50.7 Å². The summed E-state index contributed by atoms with van der Waals surface area (Å²) in [5.41, 5.74) is 1.76. The van der Waals surface area contributed by atoms with Gasteiger partial charge in [0, 0.05) is 15.3 Å². The second-order valence-corrected chi connectivity index (χ2v) is 8.64. The van der Waals surface area contributed by atoms with Gasteiger partial charge in [-0.15, -0.1) is 11.3 Å². The van der Waals surface area contributed by atoms with Crippen molar-refractivity contribution in [2.24, 2.45) is 0 Å². The van der Waals surface area contributed by atoms with E-state index >= 15 is 0 Å². The van der Waals surface area contributed by atoms with Gasteiger partial charge in [0.15, 0.2) is 0 Å². The molecule has 1 aromatic carbocycles. The molecule has 2 aromatic rings. The second-order valence-electron chi connectivity index (χ2n) is 5.53. The Bertz CT molecular complexity index is 855. The molecule has 0 radical (unpaired) electrons. The first-order valence-corrected chi connectivity index (χ1v) is 9.99. The molecule has 0 spiro atoms. The zero-order valence-corrected chi connectivity index (χ0v) is 15.9. The topological polar surface area (TPSA) is 75.3 Å². The Morgan fingerprint density at radius 3 is 2.42 bits per heavy atom. The molecule has 1 amide bonds. The molecule has 0 aliphatic heterocycles. The summed E-state index contributed by atoms with van der Waals surface area (Å²) >= 11 is 1.67. The van der Waals surface area contributed by atoms with Crippen LogP contribution in [0.3, 0.4) is 0 Å². The Labute approximate surface area is 147 Å². The molecule has 5 nitrogen and oxygen atoms in total. The van der Waals surface area contributed by atoms with Crippen LogP contribution in [0.4, 0.5) is 0 Å². The van der Waals surface area contributed by atoms with Gasteiger partial charge in [-0.2, -0.15) is 0 Å². The summed E-state index contributed by atoms with van der Waals surface area (Å²) < 4.78 is 26.5. The Kier molecular flexibility index (Phi) is 5.79. The SMILES string of the molecule is CCc1ccc(CNC(=O)c2cc(C)c(C)c(S(=O)(=O)NC)c2)s1. The Hall–Kier alpha value is -1.70. The van der Waals surface area contributed by atoms with E-state index in [4.69, 9.17) is 0 Å². The molecule has 1 heterocycles. The maximum atomic E-state index is 12.4. The van der Waals surface area contributed by atoms with Crippen LogP contribution in [0.15, 0.2) is 29.2 Å². The zero-order valence-electron chi connectivity index (χ0n) is 14.3. The molecule has 0 saturated heterocycles. The van der Waals surface area contributed by atoms with Crippen molar-refractivity contribution in [1.82, 2.24) is 10.0 Å². The van der Waals surface area contributed by atoms with E-state index in [9.17, 15) is 13.2 Å². The van der Waals surface area contributed by atoms with Gasteiger partial charge in [-0.1, -0.05) is 6.92 Å². The minimum absolute atomic E-state index is 0.138. The summed E-state index contributed by atoms with van der Waals surface area (Å²) in [4.78, 5) is 14.9. The van der Waals surface area contributed by atoms with E-state index < -0.39 is 10.0 Å². The summed E-state index contributed by atoms with van der Waals surface area (Å²) in [5, 5.41) is 2.85. The first kappa shape index (κ1) is 18.6. The average molecular weight is 367 g/mol. The lowest BCUT2D eigenvalue weighted by atomic mass is 10.1. The quantitative estimate of drug-likeness (QED) is 0.825. The van der Waals surface area contributed by atoms with Gasteiger partial charge in [-0.05, 0) is 62.7 Å². The van der Waals surface area contributed by atoms with E-state index in [-0.39, 0.29) is 10.8 Å². The van der Waals surface area contributed by atoms with Gasteiger partial charge < -0.3 is 5.32 Å². The fourth-order valence-electron chi connectivity index (χ4n) is 2.32. The number of carbonyl (C=O) groups excluding carboxylic acids is 1. The molecule has 0 unspecified atom stereocenters. The lowest BCUT2D eigenvalue weighted by Crippen LogP contribution is -2.24. The Morgan fingerprint density at radius 1 is 1.17 bits per heavy atom. The van der Waals surface area contributed by atoms with Crippen molar-refractivity contribution >= 4 is 27.3 Å². The number of rotatable bonds is 6. The zero-order chi connectivity index (χ0) is 17.9. The monoisotopic (exact) mass is 366 g/mol. The van der Waals surface area contributed by atoms with E-state index in [1.54, 1.807) is 31.3 Å². The smallest absolute Gasteiger partial charge is 0.251 e. The number of aryl methyl sites for hydroxylation is 2. The van der Waals surface area contributed by atoms with Crippen LogP contribution in [0, 0.1) is 13.8 Å². The van der Waals surface area contributed by atoms with Crippen LogP contribution >= 0.6 is 11.3 Å². The average Bonchev–Trinajstić information content (AvgIpc) is 3.02. The lowest BCUT2D eigenvalue weighted by Gasteiger charge is -2.12. The molecule has 7 heteroatoms. The van der Waals surface area contributed by atoms with Crippen molar-refractivity contribution in [2.75, 3.05) is 7.05 Å². The highest BCUT2D eigenvalue weighted by atomic mass is 32.2. The van der Waals surface area contributed by atoms with E-state index in [1.165, 1.54) is 18.0 Å². The highest BCUT2D eigenvalue weighted by Gasteiger charge is 2.19.